The monoisotopic (exact) mass is 1140 g/mol. The van der Waals surface area contributed by atoms with Crippen LogP contribution in [0.4, 0.5) is 9.59 Å². The number of carbonyl (C=O) groups excluding carboxylic acids is 7. The number of unbranched alkanes of at least 4 members (excludes halogenated alkanes) is 2. The van der Waals surface area contributed by atoms with Gasteiger partial charge in [0.25, 0.3) is 11.8 Å². The van der Waals surface area contributed by atoms with Crippen molar-refractivity contribution in [3.8, 4) is 0 Å². The molecule has 1 heterocycles. The lowest BCUT2D eigenvalue weighted by Gasteiger charge is -2.30. The Morgan fingerprint density at radius 2 is 0.962 bits per heavy atom. The normalized spacial score (nSPS) is 13.1. The highest BCUT2D eigenvalue weighted by Gasteiger charge is 2.32. The fourth-order valence-corrected chi connectivity index (χ4v) is 7.37. The lowest BCUT2D eigenvalue weighted by Crippen LogP contribution is -2.48. The van der Waals surface area contributed by atoms with E-state index >= 15 is 0 Å². The van der Waals surface area contributed by atoms with E-state index in [1.807, 2.05) is 14.1 Å². The van der Waals surface area contributed by atoms with Crippen molar-refractivity contribution in [3.05, 3.63) is 12.2 Å². The van der Waals surface area contributed by atoms with E-state index < -0.39 is 45.8 Å². The van der Waals surface area contributed by atoms with Crippen LogP contribution in [0.25, 0.3) is 0 Å². The molecule has 0 aromatic carbocycles. The molecule has 0 saturated heterocycles. The van der Waals surface area contributed by atoms with Crippen LogP contribution in [0.2, 0.25) is 0 Å². The zero-order valence-electron chi connectivity index (χ0n) is 46.7. The van der Waals surface area contributed by atoms with Gasteiger partial charge in [-0.05, 0) is 40.0 Å². The van der Waals surface area contributed by atoms with Gasteiger partial charge in [0, 0.05) is 89.2 Å². The Morgan fingerprint density at radius 3 is 1.45 bits per heavy atom. The number of rotatable bonds is 50. The summed E-state index contributed by atoms with van der Waals surface area (Å²) >= 11 is 0. The molecule has 7 amide bonds. The second-order valence-corrected chi connectivity index (χ2v) is 20.9. The van der Waals surface area contributed by atoms with E-state index in [1.165, 1.54) is 0 Å². The van der Waals surface area contributed by atoms with Gasteiger partial charge in [-0.3, -0.25) is 28.9 Å². The van der Waals surface area contributed by atoms with Crippen molar-refractivity contribution in [3.63, 3.8) is 0 Å². The molecular formula is C50H91N7O20S. The Kier molecular flexibility index (Phi) is 40.4. The van der Waals surface area contributed by atoms with E-state index in [0.717, 1.165) is 29.9 Å². The van der Waals surface area contributed by atoms with E-state index in [2.05, 4.69) is 26.6 Å². The largest absolute Gasteiger partial charge is 0.748 e. The van der Waals surface area contributed by atoms with Gasteiger partial charge in [0.2, 0.25) is 17.7 Å². The number of amides is 7. The predicted molar refractivity (Wildman–Crippen MR) is 282 cm³/mol. The van der Waals surface area contributed by atoms with Crippen molar-refractivity contribution >= 4 is 51.8 Å². The average molecular weight is 1140 g/mol. The molecule has 0 spiro atoms. The molecule has 0 aromatic heterocycles. The first kappa shape index (κ1) is 71.4. The Labute approximate surface area is 460 Å². The summed E-state index contributed by atoms with van der Waals surface area (Å²) in [6.07, 6.45) is 4.60. The molecule has 0 radical (unpaired) electrons. The minimum Gasteiger partial charge on any atom is -0.748 e. The zero-order chi connectivity index (χ0) is 57.8. The number of nitrogens with one attached hydrogen (secondary N) is 5. The fraction of sp³-hybridized carbons (Fsp3) is 0.820. The maximum atomic E-state index is 12.2. The third-order valence-corrected chi connectivity index (χ3v) is 11.7. The van der Waals surface area contributed by atoms with Gasteiger partial charge < -0.3 is 83.0 Å². The SMILES string of the molecule is CC(C)(C)OC(=O)NCC(CCOC(=O)NCCC(=O)NCCCCCNC(=O)CCOCCOCCOCCOCCOCCOCCOCCOCCNC(=O)CCC[N+](C)(C)CCCS(=O)(=O)[O-])N1C(=O)C=CC1=O. The Bertz CT molecular complexity index is 1820. The summed E-state index contributed by atoms with van der Waals surface area (Å²) < 4.78 is 87.1. The summed E-state index contributed by atoms with van der Waals surface area (Å²) in [5.41, 5.74) is -0.743. The second-order valence-electron chi connectivity index (χ2n) is 19.4. The van der Waals surface area contributed by atoms with Crippen LogP contribution >= 0.6 is 0 Å². The average Bonchev–Trinajstić information content (AvgIpc) is 3.69. The van der Waals surface area contributed by atoms with E-state index in [0.29, 0.717) is 162 Å². The maximum absolute atomic E-state index is 12.2. The fourth-order valence-electron chi connectivity index (χ4n) is 6.89. The van der Waals surface area contributed by atoms with Crippen LogP contribution in [0.3, 0.4) is 0 Å². The summed E-state index contributed by atoms with van der Waals surface area (Å²) in [7, 11) is -0.322. The van der Waals surface area contributed by atoms with Crippen molar-refractivity contribution in [1.82, 2.24) is 31.5 Å². The first-order valence-corrected chi connectivity index (χ1v) is 28.4. The van der Waals surface area contributed by atoms with Gasteiger partial charge in [0.05, 0.1) is 156 Å². The minimum atomic E-state index is -4.21. The van der Waals surface area contributed by atoms with E-state index in [-0.39, 0.29) is 69.0 Å². The number of nitrogens with zero attached hydrogens (tertiary/aromatic N) is 2. The third-order valence-electron chi connectivity index (χ3n) is 10.9. The Morgan fingerprint density at radius 1 is 0.526 bits per heavy atom. The molecule has 1 atom stereocenters. The lowest BCUT2D eigenvalue weighted by molar-refractivity contribution is -0.890. The van der Waals surface area contributed by atoms with Gasteiger partial charge in [-0.15, -0.1) is 0 Å². The molecular weight excluding hydrogens is 1050 g/mol. The number of ether oxygens (including phenoxy) is 10. The molecule has 0 aromatic rings. The van der Waals surface area contributed by atoms with E-state index in [4.69, 9.17) is 47.4 Å². The van der Waals surface area contributed by atoms with E-state index in [1.54, 1.807) is 20.8 Å². The highest BCUT2D eigenvalue weighted by Crippen LogP contribution is 2.13. The summed E-state index contributed by atoms with van der Waals surface area (Å²) in [4.78, 5) is 86.0. The van der Waals surface area contributed by atoms with Crippen molar-refractivity contribution in [2.75, 3.05) is 178 Å². The molecule has 1 rings (SSSR count). The van der Waals surface area contributed by atoms with Gasteiger partial charge in [-0.25, -0.2) is 18.0 Å². The van der Waals surface area contributed by atoms with Crippen LogP contribution in [-0.4, -0.2) is 254 Å². The number of quaternary nitrogens is 1. The molecule has 1 unspecified atom stereocenters. The van der Waals surface area contributed by atoms with Crippen LogP contribution < -0.4 is 26.6 Å². The van der Waals surface area contributed by atoms with Gasteiger partial charge in [0.15, 0.2) is 0 Å². The minimum absolute atomic E-state index is 0.0283. The van der Waals surface area contributed by atoms with Crippen molar-refractivity contribution < 1.29 is 98.4 Å². The van der Waals surface area contributed by atoms with Crippen molar-refractivity contribution in [2.24, 2.45) is 0 Å². The van der Waals surface area contributed by atoms with E-state index in [9.17, 15) is 46.5 Å². The molecule has 1 aliphatic heterocycles. The third kappa shape index (κ3) is 44.3. The second kappa shape index (κ2) is 44.2. The summed E-state index contributed by atoms with van der Waals surface area (Å²) in [6.45, 7) is 13.8. The summed E-state index contributed by atoms with van der Waals surface area (Å²) in [5.74, 6) is -1.90. The predicted octanol–water partition coefficient (Wildman–Crippen LogP) is 0.145. The number of imide groups is 1. The zero-order valence-corrected chi connectivity index (χ0v) is 47.6. The van der Waals surface area contributed by atoms with Crippen LogP contribution in [0.1, 0.15) is 78.6 Å². The van der Waals surface area contributed by atoms with Gasteiger partial charge in [-0.2, -0.15) is 0 Å². The molecule has 5 N–H and O–H groups in total. The molecule has 0 fully saturated rings. The quantitative estimate of drug-likeness (QED) is 0.0234. The standard InChI is InChI=1S/C50H91N7O20S/c1-50(2,3)77-49(64)55-41-42(56-46(61)12-13-47(56)62)15-24-76-48(63)54-19-14-44(59)51-17-7-6-8-18-52-45(60)16-23-68-26-28-70-30-32-72-34-36-74-38-39-75-37-35-73-33-31-71-29-27-69-25-20-53-43(58)11-9-21-57(4,5)22-10-40-78(65,66)67/h12-13,42H,6-11,14-41H2,1-5H3,(H5-,51,52,53,54,55,58,59,60,63,64,65,66,67). The smallest absolute Gasteiger partial charge is 0.407 e. The first-order valence-electron chi connectivity index (χ1n) is 26.8. The number of hydrogen-bond acceptors (Lipinski definition) is 20. The molecule has 78 heavy (non-hydrogen) atoms. The molecule has 28 heteroatoms. The van der Waals surface area contributed by atoms with Crippen molar-refractivity contribution in [2.45, 2.75) is 90.2 Å². The molecule has 0 aliphatic carbocycles. The number of carbonyl (C=O) groups is 7. The maximum Gasteiger partial charge on any atom is 0.407 e. The Balaban J connectivity index is 1.83. The van der Waals surface area contributed by atoms with Crippen LogP contribution in [0.15, 0.2) is 12.2 Å². The molecule has 27 nitrogen and oxygen atoms in total. The van der Waals surface area contributed by atoms with Crippen molar-refractivity contribution in [1.29, 1.82) is 0 Å². The van der Waals surface area contributed by atoms with Crippen LogP contribution in [0.5, 0.6) is 0 Å². The van der Waals surface area contributed by atoms with Crippen LogP contribution in [-0.2, 0) is 81.5 Å². The van der Waals surface area contributed by atoms with Gasteiger partial charge >= 0.3 is 12.2 Å². The molecule has 0 saturated carbocycles. The number of alkyl carbamates (subject to hydrolysis) is 2. The summed E-state index contributed by atoms with van der Waals surface area (Å²) in [5, 5.41) is 13.5. The lowest BCUT2D eigenvalue weighted by atomic mass is 10.2. The highest BCUT2D eigenvalue weighted by molar-refractivity contribution is 7.85. The highest BCUT2D eigenvalue weighted by atomic mass is 32.2. The first-order chi connectivity index (χ1) is 37.2. The van der Waals surface area contributed by atoms with Crippen LogP contribution in [0, 0.1) is 0 Å². The Hall–Kier alpha value is -4.62. The number of hydrogen-bond donors (Lipinski definition) is 5. The molecule has 1 aliphatic rings. The topological polar surface area (TPSA) is 332 Å². The molecule has 0 bridgehead atoms. The van der Waals surface area contributed by atoms with Gasteiger partial charge in [-0.1, -0.05) is 0 Å². The molecule has 452 valence electrons. The van der Waals surface area contributed by atoms with Gasteiger partial charge in [0.1, 0.15) is 5.60 Å². The summed E-state index contributed by atoms with van der Waals surface area (Å²) in [6, 6.07) is -0.785.